The second-order valence-corrected chi connectivity index (χ2v) is 4.44. The van der Waals surface area contributed by atoms with Crippen LogP contribution in [0.1, 0.15) is 13.8 Å². The number of anilines is 2. The second kappa shape index (κ2) is 5.19. The molecular formula is C13H18N2O2. The Kier molecular flexibility index (Phi) is 3.64. The Morgan fingerprint density at radius 3 is 2.59 bits per heavy atom. The lowest BCUT2D eigenvalue weighted by molar-refractivity contribution is -0.125. The van der Waals surface area contributed by atoms with E-state index in [1.165, 1.54) is 0 Å². The van der Waals surface area contributed by atoms with Crippen molar-refractivity contribution in [2.24, 2.45) is 0 Å². The fourth-order valence-electron chi connectivity index (χ4n) is 1.86. The van der Waals surface area contributed by atoms with E-state index >= 15 is 0 Å². The van der Waals surface area contributed by atoms with Crippen molar-refractivity contribution in [1.29, 1.82) is 0 Å². The van der Waals surface area contributed by atoms with E-state index < -0.39 is 0 Å². The number of hydrogen-bond acceptors (Lipinski definition) is 3. The van der Waals surface area contributed by atoms with Crippen molar-refractivity contribution in [3.05, 3.63) is 24.3 Å². The van der Waals surface area contributed by atoms with Crippen LogP contribution in [0.25, 0.3) is 0 Å². The molecule has 4 nitrogen and oxygen atoms in total. The van der Waals surface area contributed by atoms with E-state index in [0.717, 1.165) is 11.4 Å². The van der Waals surface area contributed by atoms with Crippen LogP contribution in [0.5, 0.6) is 0 Å². The number of ether oxygens (including phenoxy) is 1. The molecule has 4 heteroatoms. The Morgan fingerprint density at radius 2 is 2.00 bits per heavy atom. The molecule has 1 aromatic rings. The van der Waals surface area contributed by atoms with Gasteiger partial charge in [-0.2, -0.15) is 0 Å². The highest BCUT2D eigenvalue weighted by Gasteiger charge is 2.19. The number of benzene rings is 1. The minimum Gasteiger partial charge on any atom is -0.383 e. The van der Waals surface area contributed by atoms with Crippen LogP contribution >= 0.6 is 0 Å². The van der Waals surface area contributed by atoms with Gasteiger partial charge in [0, 0.05) is 24.0 Å². The summed E-state index contributed by atoms with van der Waals surface area (Å²) in [5.41, 5.74) is 2.01. The van der Waals surface area contributed by atoms with Gasteiger partial charge in [-0.15, -0.1) is 0 Å². The number of amides is 1. The molecular weight excluding hydrogens is 216 g/mol. The maximum Gasteiger partial charge on any atom is 0.253 e. The fourth-order valence-corrected chi connectivity index (χ4v) is 1.86. The number of morpholine rings is 1. The molecule has 17 heavy (non-hydrogen) atoms. The summed E-state index contributed by atoms with van der Waals surface area (Å²) in [6, 6.07) is 8.34. The highest BCUT2D eigenvalue weighted by molar-refractivity contribution is 5.94. The molecule has 1 aromatic carbocycles. The minimum absolute atomic E-state index is 0.0285. The average molecular weight is 234 g/mol. The summed E-state index contributed by atoms with van der Waals surface area (Å²) in [6.07, 6.45) is 0. The fraction of sp³-hybridized carbons (Fsp3) is 0.462. The highest BCUT2D eigenvalue weighted by Crippen LogP contribution is 2.19. The molecule has 0 unspecified atom stereocenters. The van der Waals surface area contributed by atoms with Crippen molar-refractivity contribution in [3.8, 4) is 0 Å². The molecule has 1 saturated heterocycles. The van der Waals surface area contributed by atoms with Gasteiger partial charge in [-0.3, -0.25) is 4.79 Å². The standard InChI is InChI=1S/C13H18N2O2/c1-10(2)14-11-3-5-12(6-4-11)15-7-8-17-9-13(15)16/h3-6,10,14H,7-9H2,1-2H3. The molecule has 0 saturated carbocycles. The Bertz CT molecular complexity index is 387. The molecule has 0 atom stereocenters. The van der Waals surface area contributed by atoms with Crippen LogP contribution in [-0.2, 0) is 9.53 Å². The second-order valence-electron chi connectivity index (χ2n) is 4.44. The topological polar surface area (TPSA) is 41.6 Å². The third-order valence-electron chi connectivity index (χ3n) is 2.62. The first-order valence-corrected chi connectivity index (χ1v) is 5.91. The summed E-state index contributed by atoms with van der Waals surface area (Å²) in [5, 5.41) is 3.32. The number of nitrogens with zero attached hydrogens (tertiary/aromatic N) is 1. The number of hydrogen-bond donors (Lipinski definition) is 1. The van der Waals surface area contributed by atoms with Crippen molar-refractivity contribution in [1.82, 2.24) is 0 Å². The molecule has 2 rings (SSSR count). The van der Waals surface area contributed by atoms with Crippen LogP contribution < -0.4 is 10.2 Å². The first-order valence-electron chi connectivity index (χ1n) is 5.91. The van der Waals surface area contributed by atoms with Crippen LogP contribution in [0.2, 0.25) is 0 Å². The van der Waals surface area contributed by atoms with E-state index in [4.69, 9.17) is 4.74 Å². The molecule has 0 bridgehead atoms. The average Bonchev–Trinajstić information content (AvgIpc) is 2.30. The van der Waals surface area contributed by atoms with Crippen molar-refractivity contribution in [3.63, 3.8) is 0 Å². The molecule has 1 aliphatic heterocycles. The van der Waals surface area contributed by atoms with Gasteiger partial charge in [-0.25, -0.2) is 0 Å². The summed E-state index contributed by atoms with van der Waals surface area (Å²) >= 11 is 0. The van der Waals surface area contributed by atoms with Gasteiger partial charge < -0.3 is 15.0 Å². The van der Waals surface area contributed by atoms with Gasteiger partial charge in [0.1, 0.15) is 6.61 Å². The summed E-state index contributed by atoms with van der Waals surface area (Å²) < 4.78 is 5.11. The SMILES string of the molecule is CC(C)Nc1ccc(N2CCOCC2=O)cc1. The molecule has 0 aliphatic carbocycles. The van der Waals surface area contributed by atoms with Gasteiger partial charge in [-0.05, 0) is 38.1 Å². The first-order chi connectivity index (χ1) is 8.16. The van der Waals surface area contributed by atoms with Gasteiger partial charge in [0.25, 0.3) is 5.91 Å². The number of carbonyl (C=O) groups excluding carboxylic acids is 1. The van der Waals surface area contributed by atoms with Crippen molar-refractivity contribution >= 4 is 17.3 Å². The van der Waals surface area contributed by atoms with E-state index in [2.05, 4.69) is 19.2 Å². The molecule has 0 spiro atoms. The summed E-state index contributed by atoms with van der Waals surface area (Å²) in [5.74, 6) is 0.0285. The van der Waals surface area contributed by atoms with Gasteiger partial charge in [0.15, 0.2) is 0 Å². The Labute approximate surface area is 102 Å². The van der Waals surface area contributed by atoms with Crippen LogP contribution in [0, 0.1) is 0 Å². The van der Waals surface area contributed by atoms with E-state index in [-0.39, 0.29) is 12.5 Å². The summed E-state index contributed by atoms with van der Waals surface area (Å²) in [4.78, 5) is 13.4. The quantitative estimate of drug-likeness (QED) is 0.868. The number of nitrogens with one attached hydrogen (secondary N) is 1. The smallest absolute Gasteiger partial charge is 0.253 e. The van der Waals surface area contributed by atoms with Crippen LogP contribution in [-0.4, -0.2) is 31.7 Å². The highest BCUT2D eigenvalue weighted by atomic mass is 16.5. The predicted molar refractivity (Wildman–Crippen MR) is 68.4 cm³/mol. The van der Waals surface area contributed by atoms with Crippen molar-refractivity contribution in [2.75, 3.05) is 30.0 Å². The van der Waals surface area contributed by atoms with E-state index in [1.54, 1.807) is 4.90 Å². The van der Waals surface area contributed by atoms with Gasteiger partial charge in [-0.1, -0.05) is 0 Å². The molecule has 1 fully saturated rings. The van der Waals surface area contributed by atoms with E-state index in [0.29, 0.717) is 19.2 Å². The van der Waals surface area contributed by atoms with Crippen molar-refractivity contribution in [2.45, 2.75) is 19.9 Å². The Balaban J connectivity index is 2.08. The predicted octanol–water partition coefficient (Wildman–Crippen LogP) is 1.87. The monoisotopic (exact) mass is 234 g/mol. The van der Waals surface area contributed by atoms with Gasteiger partial charge in [0.2, 0.25) is 0 Å². The molecule has 1 amide bonds. The summed E-state index contributed by atoms with van der Waals surface area (Å²) in [6.45, 7) is 5.62. The molecule has 1 N–H and O–H groups in total. The molecule has 0 aromatic heterocycles. The third kappa shape index (κ3) is 2.97. The zero-order chi connectivity index (χ0) is 12.3. The lowest BCUT2D eigenvalue weighted by Crippen LogP contribution is -2.41. The lowest BCUT2D eigenvalue weighted by Gasteiger charge is -2.27. The number of carbonyl (C=O) groups is 1. The molecule has 92 valence electrons. The van der Waals surface area contributed by atoms with E-state index in [9.17, 15) is 4.79 Å². The first kappa shape index (κ1) is 11.9. The Morgan fingerprint density at radius 1 is 1.29 bits per heavy atom. The van der Waals surface area contributed by atoms with Gasteiger partial charge in [0.05, 0.1) is 6.61 Å². The number of rotatable bonds is 3. The van der Waals surface area contributed by atoms with Crippen LogP contribution in [0.4, 0.5) is 11.4 Å². The minimum atomic E-state index is 0.0285. The zero-order valence-corrected chi connectivity index (χ0v) is 10.3. The van der Waals surface area contributed by atoms with Crippen molar-refractivity contribution < 1.29 is 9.53 Å². The van der Waals surface area contributed by atoms with Crippen LogP contribution in [0.3, 0.4) is 0 Å². The van der Waals surface area contributed by atoms with Crippen LogP contribution in [0.15, 0.2) is 24.3 Å². The molecule has 1 aliphatic rings. The lowest BCUT2D eigenvalue weighted by atomic mass is 10.2. The normalized spacial score (nSPS) is 16.4. The van der Waals surface area contributed by atoms with Gasteiger partial charge >= 0.3 is 0 Å². The molecule has 1 heterocycles. The summed E-state index contributed by atoms with van der Waals surface area (Å²) in [7, 11) is 0. The Hall–Kier alpha value is -1.55. The maximum absolute atomic E-state index is 11.6. The largest absolute Gasteiger partial charge is 0.383 e. The third-order valence-corrected chi connectivity index (χ3v) is 2.62. The zero-order valence-electron chi connectivity index (χ0n) is 10.3. The molecule has 0 radical (unpaired) electrons. The maximum atomic E-state index is 11.6. The van der Waals surface area contributed by atoms with E-state index in [1.807, 2.05) is 24.3 Å².